The van der Waals surface area contributed by atoms with Gasteiger partial charge in [-0.1, -0.05) is 12.1 Å². The Labute approximate surface area is 165 Å². The molecule has 0 aromatic heterocycles. The number of esters is 2. The smallest absolute Gasteiger partial charge is 0.340 e. The first kappa shape index (κ1) is 24.1. The maximum absolute atomic E-state index is 13.0. The van der Waals surface area contributed by atoms with Gasteiger partial charge in [0.25, 0.3) is 0 Å². The molecular weight excluding hydrogens is 387 g/mol. The van der Waals surface area contributed by atoms with Crippen LogP contribution in [0.25, 0.3) is 0 Å². The number of hydrogen-bond donors (Lipinski definition) is 1. The van der Waals surface area contributed by atoms with Gasteiger partial charge < -0.3 is 14.6 Å². The molecule has 1 aromatic rings. The Balaban J connectivity index is 2.78. The Kier molecular flexibility index (Phi) is 8.23. The molecule has 0 saturated carbocycles. The zero-order valence-corrected chi connectivity index (χ0v) is 18.1. The first-order valence-corrected chi connectivity index (χ1v) is 10.5. The number of hydrogen-bond acceptors (Lipinski definition) is 8. The van der Waals surface area contributed by atoms with E-state index in [1.54, 1.807) is 53.7 Å². The molecule has 0 heterocycles. The van der Waals surface area contributed by atoms with E-state index in [0.29, 0.717) is 5.56 Å². The molecule has 0 saturated heterocycles. The summed E-state index contributed by atoms with van der Waals surface area (Å²) in [4.78, 5) is 23.7. The van der Waals surface area contributed by atoms with Crippen molar-refractivity contribution in [1.29, 1.82) is 0 Å². The third-order valence-electron chi connectivity index (χ3n) is 3.42. The zero-order chi connectivity index (χ0) is 21.6. The van der Waals surface area contributed by atoms with Crippen molar-refractivity contribution in [1.82, 2.24) is 0 Å². The normalized spacial score (nSPS) is 12.5. The van der Waals surface area contributed by atoms with Crippen LogP contribution in [0.2, 0.25) is 0 Å². The van der Waals surface area contributed by atoms with E-state index in [-0.39, 0.29) is 11.9 Å². The second kappa shape index (κ2) is 9.54. The second-order valence-electron chi connectivity index (χ2n) is 8.29. The van der Waals surface area contributed by atoms with Crippen LogP contribution in [0.15, 0.2) is 24.3 Å². The Morgan fingerprint density at radius 1 is 0.857 bits per heavy atom. The average molecular weight is 416 g/mol. The molecule has 0 bridgehead atoms. The lowest BCUT2D eigenvalue weighted by Crippen LogP contribution is -2.24. The lowest BCUT2D eigenvalue weighted by molar-refractivity contribution is -0.162. The molecule has 0 spiro atoms. The number of carbonyl (C=O) groups is 2. The van der Waals surface area contributed by atoms with E-state index in [1.165, 1.54) is 12.1 Å². The van der Waals surface area contributed by atoms with Crippen molar-refractivity contribution < 1.29 is 37.8 Å². The van der Waals surface area contributed by atoms with E-state index >= 15 is 0 Å². The standard InChI is InChI=1S/C19H29O8P/c1-18(2,3)16(21)24-12-26-28(23,11-14-7-9-15(20)10-8-14)27-13-25-17(22)19(4,5)6/h7-10,20H,11-13H2,1-6H3. The minimum atomic E-state index is -3.81. The number of carbonyl (C=O) groups excluding carboxylic acids is 2. The van der Waals surface area contributed by atoms with Crippen molar-refractivity contribution >= 4 is 19.5 Å². The highest BCUT2D eigenvalue weighted by Crippen LogP contribution is 2.51. The van der Waals surface area contributed by atoms with Crippen molar-refractivity contribution in [2.24, 2.45) is 10.8 Å². The van der Waals surface area contributed by atoms with Crippen LogP contribution in [0.4, 0.5) is 0 Å². The van der Waals surface area contributed by atoms with Gasteiger partial charge in [-0.05, 0) is 59.2 Å². The second-order valence-corrected chi connectivity index (χ2v) is 10.3. The van der Waals surface area contributed by atoms with Crippen molar-refractivity contribution in [2.75, 3.05) is 13.6 Å². The number of aromatic hydroxyl groups is 1. The van der Waals surface area contributed by atoms with Gasteiger partial charge in [-0.25, -0.2) is 0 Å². The van der Waals surface area contributed by atoms with E-state index in [2.05, 4.69) is 0 Å². The van der Waals surface area contributed by atoms with Gasteiger partial charge >= 0.3 is 19.5 Å². The maximum atomic E-state index is 13.0. The maximum Gasteiger partial charge on any atom is 0.340 e. The summed E-state index contributed by atoms with van der Waals surface area (Å²) in [5.74, 6) is -0.996. The molecule has 158 valence electrons. The number of phenols is 1. The first-order valence-electron chi connectivity index (χ1n) is 8.73. The molecule has 1 rings (SSSR count). The summed E-state index contributed by atoms with van der Waals surface area (Å²) in [5.41, 5.74) is -0.925. The molecule has 0 aliphatic heterocycles. The summed E-state index contributed by atoms with van der Waals surface area (Å²) >= 11 is 0. The van der Waals surface area contributed by atoms with Crippen LogP contribution in [0.1, 0.15) is 47.1 Å². The van der Waals surface area contributed by atoms with Crippen molar-refractivity contribution in [2.45, 2.75) is 47.7 Å². The van der Waals surface area contributed by atoms with E-state index < -0.39 is 44.0 Å². The summed E-state index contributed by atoms with van der Waals surface area (Å²) in [6, 6.07) is 5.96. The minimum absolute atomic E-state index is 0.0543. The molecule has 0 fully saturated rings. The molecule has 28 heavy (non-hydrogen) atoms. The van der Waals surface area contributed by atoms with Crippen LogP contribution in [-0.2, 0) is 38.8 Å². The monoisotopic (exact) mass is 416 g/mol. The van der Waals surface area contributed by atoms with E-state index in [4.69, 9.17) is 18.5 Å². The van der Waals surface area contributed by atoms with Gasteiger partial charge in [0.2, 0.25) is 13.6 Å². The SMILES string of the molecule is CC(C)(C)C(=O)OCOP(=O)(Cc1ccc(O)cc1)OCOC(=O)C(C)(C)C. The molecule has 0 unspecified atom stereocenters. The number of rotatable bonds is 8. The van der Waals surface area contributed by atoms with Gasteiger partial charge in [0.15, 0.2) is 0 Å². The largest absolute Gasteiger partial charge is 0.508 e. The lowest BCUT2D eigenvalue weighted by Gasteiger charge is -2.22. The van der Waals surface area contributed by atoms with Crippen LogP contribution in [-0.4, -0.2) is 30.6 Å². The highest BCUT2D eigenvalue weighted by molar-refractivity contribution is 7.53. The summed E-state index contributed by atoms with van der Waals surface area (Å²) in [7, 11) is -3.81. The minimum Gasteiger partial charge on any atom is -0.508 e. The lowest BCUT2D eigenvalue weighted by atomic mass is 9.98. The molecule has 9 heteroatoms. The Morgan fingerprint density at radius 3 is 1.61 bits per heavy atom. The molecule has 0 aliphatic rings. The molecular formula is C19H29O8P. The first-order chi connectivity index (χ1) is 12.7. The van der Waals surface area contributed by atoms with Crippen molar-refractivity contribution in [3.05, 3.63) is 29.8 Å². The van der Waals surface area contributed by atoms with Crippen molar-refractivity contribution in [3.8, 4) is 5.75 Å². The van der Waals surface area contributed by atoms with E-state index in [0.717, 1.165) is 0 Å². The molecule has 0 aliphatic carbocycles. The third-order valence-corrected chi connectivity index (χ3v) is 5.17. The summed E-state index contributed by atoms with van der Waals surface area (Å²) in [6.07, 6.45) is -0.159. The zero-order valence-electron chi connectivity index (χ0n) is 17.2. The fraction of sp³-hybridized carbons (Fsp3) is 0.579. The highest BCUT2D eigenvalue weighted by Gasteiger charge is 2.30. The average Bonchev–Trinajstić information content (AvgIpc) is 2.55. The van der Waals surface area contributed by atoms with Crippen LogP contribution >= 0.6 is 7.60 Å². The van der Waals surface area contributed by atoms with E-state index in [9.17, 15) is 19.3 Å². The molecule has 0 atom stereocenters. The van der Waals surface area contributed by atoms with E-state index in [1.807, 2.05) is 0 Å². The van der Waals surface area contributed by atoms with Gasteiger partial charge in [0.05, 0.1) is 17.0 Å². The summed E-state index contributed by atoms with van der Waals surface area (Å²) < 4.78 is 33.5. The molecule has 8 nitrogen and oxygen atoms in total. The quantitative estimate of drug-likeness (QED) is 0.381. The van der Waals surface area contributed by atoms with Crippen LogP contribution < -0.4 is 0 Å². The number of ether oxygens (including phenoxy) is 2. The number of benzene rings is 1. The van der Waals surface area contributed by atoms with Gasteiger partial charge in [0.1, 0.15) is 5.75 Å². The molecule has 0 radical (unpaired) electrons. The van der Waals surface area contributed by atoms with Gasteiger partial charge in [-0.2, -0.15) is 0 Å². The Morgan fingerprint density at radius 2 is 1.25 bits per heavy atom. The fourth-order valence-electron chi connectivity index (χ4n) is 1.71. The summed E-state index contributed by atoms with van der Waals surface area (Å²) in [5, 5.41) is 9.37. The Bertz CT molecular complexity index is 677. The molecule has 1 aromatic carbocycles. The van der Waals surface area contributed by atoms with Gasteiger partial charge in [0, 0.05) is 0 Å². The Hall–Kier alpha value is -1.89. The molecule has 0 amide bonds. The number of phenolic OH excluding ortho intramolecular Hbond substituents is 1. The van der Waals surface area contributed by atoms with Crippen LogP contribution in [0.3, 0.4) is 0 Å². The topological polar surface area (TPSA) is 108 Å². The predicted octanol–water partition coefficient (Wildman–Crippen LogP) is 4.21. The highest BCUT2D eigenvalue weighted by atomic mass is 31.2. The van der Waals surface area contributed by atoms with Crippen LogP contribution in [0.5, 0.6) is 5.75 Å². The van der Waals surface area contributed by atoms with Crippen LogP contribution in [0, 0.1) is 10.8 Å². The molecule has 1 N–H and O–H groups in total. The van der Waals surface area contributed by atoms with Gasteiger partial charge in [-0.3, -0.25) is 23.2 Å². The van der Waals surface area contributed by atoms with Gasteiger partial charge in [-0.15, -0.1) is 0 Å². The predicted molar refractivity (Wildman–Crippen MR) is 102 cm³/mol. The summed E-state index contributed by atoms with van der Waals surface area (Å²) in [6.45, 7) is 8.91. The fourth-order valence-corrected chi connectivity index (χ4v) is 3.05. The third kappa shape index (κ3) is 8.42. The van der Waals surface area contributed by atoms with Crippen molar-refractivity contribution in [3.63, 3.8) is 0 Å².